The fourth-order valence-corrected chi connectivity index (χ4v) is 5.44. The minimum absolute atomic E-state index is 0.0215. The fourth-order valence-electron chi connectivity index (χ4n) is 3.71. The van der Waals surface area contributed by atoms with Crippen molar-refractivity contribution in [3.63, 3.8) is 0 Å². The minimum atomic E-state index is -4.14. The summed E-state index contributed by atoms with van der Waals surface area (Å²) in [4.78, 5) is 12.0. The van der Waals surface area contributed by atoms with Gasteiger partial charge in [0.15, 0.2) is 0 Å². The molecule has 1 heterocycles. The van der Waals surface area contributed by atoms with Crippen molar-refractivity contribution in [2.45, 2.75) is 49.8 Å². The summed E-state index contributed by atoms with van der Waals surface area (Å²) in [7, 11) is -4.14. The van der Waals surface area contributed by atoms with Crippen molar-refractivity contribution in [3.05, 3.63) is 59.4 Å². The second-order valence-corrected chi connectivity index (χ2v) is 9.63. The summed E-state index contributed by atoms with van der Waals surface area (Å²) in [6.07, 6.45) is 0.568. The number of nitrogens with one attached hydrogen (secondary N) is 1. The summed E-state index contributed by atoms with van der Waals surface area (Å²) < 4.78 is 46.5. The predicted molar refractivity (Wildman–Crippen MR) is 109 cm³/mol. The van der Waals surface area contributed by atoms with Gasteiger partial charge >= 0.3 is 0 Å². The first-order valence-corrected chi connectivity index (χ1v) is 11.2. The zero-order valence-electron chi connectivity index (χ0n) is 17.2. The zero-order chi connectivity index (χ0) is 22.8. The van der Waals surface area contributed by atoms with Crippen molar-refractivity contribution in [2.75, 3.05) is 6.54 Å². The Bertz CT molecular complexity index is 1060. The summed E-state index contributed by atoms with van der Waals surface area (Å²) in [5.74, 6) is -0.946. The maximum atomic E-state index is 13.6. The first-order valence-electron chi connectivity index (χ1n) is 9.73. The van der Waals surface area contributed by atoms with Crippen LogP contribution in [-0.2, 0) is 21.4 Å². The molecular weight excluding hydrogens is 427 g/mol. The van der Waals surface area contributed by atoms with Gasteiger partial charge in [0, 0.05) is 6.54 Å². The molecule has 31 heavy (non-hydrogen) atoms. The maximum absolute atomic E-state index is 13.6. The van der Waals surface area contributed by atoms with Gasteiger partial charge in [-0.15, -0.1) is 0 Å². The molecule has 1 saturated heterocycles. The topological polar surface area (TPSA) is 116 Å². The number of aliphatic hydroxyl groups is 1. The van der Waals surface area contributed by atoms with Crippen LogP contribution in [0.4, 0.5) is 4.39 Å². The number of rotatable bonds is 6. The normalized spacial score (nSPS) is 22.2. The molecule has 0 aliphatic carbocycles. The van der Waals surface area contributed by atoms with Gasteiger partial charge in [-0.2, -0.15) is 4.31 Å². The summed E-state index contributed by atoms with van der Waals surface area (Å²) >= 11 is 0. The number of carbonyl (C=O) groups is 1. The van der Waals surface area contributed by atoms with Crippen LogP contribution in [0.3, 0.4) is 0 Å². The Morgan fingerprint density at radius 3 is 2.61 bits per heavy atom. The van der Waals surface area contributed by atoms with Crippen LogP contribution in [0.5, 0.6) is 5.75 Å². The number of hydrogen-bond donors (Lipinski definition) is 3. The third-order valence-corrected chi connectivity index (χ3v) is 7.38. The van der Waals surface area contributed by atoms with Crippen molar-refractivity contribution in [3.8, 4) is 5.75 Å². The molecule has 10 heteroatoms. The number of nitrogens with zero attached hydrogens (tertiary/aromatic N) is 1. The number of hydrogen-bond acceptors (Lipinski definition) is 6. The zero-order valence-corrected chi connectivity index (χ0v) is 18.0. The van der Waals surface area contributed by atoms with Crippen molar-refractivity contribution in [1.29, 1.82) is 0 Å². The van der Waals surface area contributed by atoms with Crippen LogP contribution in [0.2, 0.25) is 0 Å². The third-order valence-electron chi connectivity index (χ3n) is 5.50. The molecule has 3 N–H and O–H groups in total. The highest BCUT2D eigenvalue weighted by molar-refractivity contribution is 7.89. The molecule has 0 spiro atoms. The first-order chi connectivity index (χ1) is 14.6. The largest absolute Gasteiger partial charge is 0.489 e. The summed E-state index contributed by atoms with van der Waals surface area (Å²) in [5.41, 5.74) is 0.957. The number of sulfonamides is 1. The SMILES string of the molecule is Cc1c(F)cccc1COc1ccc(S(=O)(=O)N2CCC[C@@](C)(O)C2C(=O)NO)cc1. The molecule has 0 aromatic heterocycles. The Hall–Kier alpha value is -2.53. The van der Waals surface area contributed by atoms with Crippen molar-refractivity contribution in [2.24, 2.45) is 0 Å². The van der Waals surface area contributed by atoms with Gasteiger partial charge in [0.05, 0.1) is 10.5 Å². The van der Waals surface area contributed by atoms with Crippen molar-refractivity contribution >= 4 is 15.9 Å². The first kappa shape index (κ1) is 23.1. The van der Waals surface area contributed by atoms with Gasteiger partial charge in [-0.05, 0) is 68.1 Å². The summed E-state index contributed by atoms with van der Waals surface area (Å²) in [5, 5.41) is 19.6. The van der Waals surface area contributed by atoms with Gasteiger partial charge in [0.2, 0.25) is 10.0 Å². The number of amides is 1. The second kappa shape index (κ2) is 8.91. The fraction of sp³-hybridized carbons (Fsp3) is 0.381. The number of benzene rings is 2. The molecular formula is C21H25FN2O6S. The lowest BCUT2D eigenvalue weighted by atomic mass is 9.87. The van der Waals surface area contributed by atoms with E-state index >= 15 is 0 Å². The van der Waals surface area contributed by atoms with E-state index in [2.05, 4.69) is 0 Å². The number of piperidine rings is 1. The van der Waals surface area contributed by atoms with Gasteiger partial charge in [0.25, 0.3) is 5.91 Å². The van der Waals surface area contributed by atoms with E-state index in [1.807, 2.05) is 0 Å². The molecule has 8 nitrogen and oxygen atoms in total. The highest BCUT2D eigenvalue weighted by Crippen LogP contribution is 2.32. The number of ether oxygens (including phenoxy) is 1. The summed E-state index contributed by atoms with van der Waals surface area (Å²) in [6, 6.07) is 8.81. The van der Waals surface area contributed by atoms with Crippen LogP contribution in [-0.4, -0.2) is 47.1 Å². The van der Waals surface area contributed by atoms with Crippen LogP contribution < -0.4 is 10.2 Å². The lowest BCUT2D eigenvalue weighted by molar-refractivity contribution is -0.144. The molecule has 1 unspecified atom stereocenters. The van der Waals surface area contributed by atoms with Gasteiger partial charge < -0.3 is 9.84 Å². The minimum Gasteiger partial charge on any atom is -0.489 e. The third kappa shape index (κ3) is 4.72. The molecule has 1 aliphatic heterocycles. The Morgan fingerprint density at radius 1 is 1.29 bits per heavy atom. The highest BCUT2D eigenvalue weighted by Gasteiger charge is 2.49. The average molecular weight is 453 g/mol. The molecule has 0 saturated carbocycles. The lowest BCUT2D eigenvalue weighted by Gasteiger charge is -2.42. The summed E-state index contributed by atoms with van der Waals surface area (Å²) in [6.45, 7) is 3.15. The molecule has 0 radical (unpaired) electrons. The Kier molecular flexibility index (Phi) is 6.65. The lowest BCUT2D eigenvalue weighted by Crippen LogP contribution is -2.62. The molecule has 2 atom stereocenters. The van der Waals surface area contributed by atoms with Gasteiger partial charge in [-0.25, -0.2) is 18.3 Å². The van der Waals surface area contributed by atoms with E-state index in [0.717, 1.165) is 4.31 Å². The van der Waals surface area contributed by atoms with E-state index in [0.29, 0.717) is 23.3 Å². The van der Waals surface area contributed by atoms with Gasteiger partial charge in [0.1, 0.15) is 24.2 Å². The Balaban J connectivity index is 1.80. The molecule has 1 aliphatic rings. The average Bonchev–Trinajstić information content (AvgIpc) is 2.73. The van der Waals surface area contributed by atoms with Crippen LogP contribution >= 0.6 is 0 Å². The van der Waals surface area contributed by atoms with Crippen LogP contribution in [0, 0.1) is 12.7 Å². The van der Waals surface area contributed by atoms with Gasteiger partial charge in [-0.1, -0.05) is 12.1 Å². The van der Waals surface area contributed by atoms with Gasteiger partial charge in [-0.3, -0.25) is 10.0 Å². The van der Waals surface area contributed by atoms with Crippen molar-refractivity contribution < 1.29 is 32.7 Å². The van der Waals surface area contributed by atoms with E-state index < -0.39 is 27.6 Å². The maximum Gasteiger partial charge on any atom is 0.264 e. The van der Waals surface area contributed by atoms with E-state index in [1.165, 1.54) is 42.7 Å². The quantitative estimate of drug-likeness (QED) is 0.457. The molecule has 168 valence electrons. The smallest absolute Gasteiger partial charge is 0.264 e. The van der Waals surface area contributed by atoms with Crippen LogP contribution in [0.25, 0.3) is 0 Å². The number of hydroxylamine groups is 1. The molecule has 1 amide bonds. The number of halogens is 1. The van der Waals surface area contributed by atoms with Crippen molar-refractivity contribution in [1.82, 2.24) is 9.79 Å². The molecule has 2 aromatic rings. The predicted octanol–water partition coefficient (Wildman–Crippen LogP) is 2.12. The second-order valence-electron chi connectivity index (χ2n) is 7.74. The van der Waals surface area contributed by atoms with E-state index in [9.17, 15) is 22.7 Å². The van der Waals surface area contributed by atoms with E-state index in [1.54, 1.807) is 19.1 Å². The van der Waals surface area contributed by atoms with Crippen LogP contribution in [0.1, 0.15) is 30.9 Å². The van der Waals surface area contributed by atoms with E-state index in [-0.39, 0.29) is 30.3 Å². The van der Waals surface area contributed by atoms with E-state index in [4.69, 9.17) is 9.94 Å². The Labute approximate surface area is 180 Å². The molecule has 2 aromatic carbocycles. The standard InChI is InChI=1S/C21H25FN2O6S/c1-14-15(5-3-6-18(14)22)13-30-16-7-9-17(10-8-16)31(28,29)24-12-4-11-21(2,26)19(24)20(25)23-27/h3,5-10,19,26-27H,4,11-13H2,1-2H3,(H,23,25)/t19?,21-/m1/s1. The molecule has 0 bridgehead atoms. The highest BCUT2D eigenvalue weighted by atomic mass is 32.2. The molecule has 3 rings (SSSR count). The molecule has 1 fully saturated rings. The number of carbonyl (C=O) groups excluding carboxylic acids is 1. The monoisotopic (exact) mass is 452 g/mol. The van der Waals surface area contributed by atoms with Crippen LogP contribution in [0.15, 0.2) is 47.4 Å². The Morgan fingerprint density at radius 2 is 1.97 bits per heavy atom.